The molecule has 7 nitrogen and oxygen atoms in total. The summed E-state index contributed by atoms with van der Waals surface area (Å²) in [6, 6.07) is 13.8. The summed E-state index contributed by atoms with van der Waals surface area (Å²) in [7, 11) is -2.47. The third-order valence-electron chi connectivity index (χ3n) is 5.48. The zero-order valence-electron chi connectivity index (χ0n) is 18.2. The molecule has 166 valence electrons. The van der Waals surface area contributed by atoms with E-state index in [2.05, 4.69) is 18.6 Å². The van der Waals surface area contributed by atoms with Crippen LogP contribution in [-0.4, -0.2) is 33.4 Å². The summed E-state index contributed by atoms with van der Waals surface area (Å²) in [5.74, 6) is -0.478. The quantitative estimate of drug-likeness (QED) is 0.630. The Bertz CT molecular complexity index is 1060. The van der Waals surface area contributed by atoms with Crippen molar-refractivity contribution in [2.45, 2.75) is 56.4 Å². The van der Waals surface area contributed by atoms with Gasteiger partial charge < -0.3 is 4.74 Å². The number of carbonyl (C=O) groups excluding carboxylic acids is 2. The van der Waals surface area contributed by atoms with Crippen LogP contribution in [0.25, 0.3) is 0 Å². The maximum Gasteiger partial charge on any atom is 0.240 e. The van der Waals surface area contributed by atoms with Crippen LogP contribution in [0.15, 0.2) is 53.4 Å². The van der Waals surface area contributed by atoms with Crippen molar-refractivity contribution in [3.05, 3.63) is 54.1 Å². The van der Waals surface area contributed by atoms with Gasteiger partial charge in [0.15, 0.2) is 0 Å². The van der Waals surface area contributed by atoms with E-state index in [0.717, 1.165) is 10.5 Å². The van der Waals surface area contributed by atoms with Gasteiger partial charge in [0.2, 0.25) is 21.8 Å². The standard InChI is InChI=1S/C23H28N2O5S/c1-16(15-23(2,3)17-8-6-5-7-9-17)24-31(28,29)18-10-11-20(30-4)19(14-18)25-21(26)12-13-22(25)27/h5-11,14,16,24H,12-13,15H2,1-4H3/t16-/m1/s1. The fourth-order valence-electron chi connectivity index (χ4n) is 4.00. The number of amides is 2. The van der Waals surface area contributed by atoms with Gasteiger partial charge in [0, 0.05) is 18.9 Å². The summed E-state index contributed by atoms with van der Waals surface area (Å²) in [5.41, 5.74) is 1.04. The van der Waals surface area contributed by atoms with Crippen LogP contribution < -0.4 is 14.4 Å². The number of nitrogens with zero attached hydrogens (tertiary/aromatic N) is 1. The molecule has 2 aromatic carbocycles. The van der Waals surface area contributed by atoms with Crippen molar-refractivity contribution < 1.29 is 22.7 Å². The van der Waals surface area contributed by atoms with Crippen LogP contribution >= 0.6 is 0 Å². The lowest BCUT2D eigenvalue weighted by Gasteiger charge is -2.29. The average molecular weight is 445 g/mol. The second-order valence-electron chi connectivity index (χ2n) is 8.43. The van der Waals surface area contributed by atoms with Gasteiger partial charge in [-0.15, -0.1) is 0 Å². The van der Waals surface area contributed by atoms with Crippen molar-refractivity contribution in [2.24, 2.45) is 0 Å². The molecule has 1 aliphatic rings. The third kappa shape index (κ3) is 4.97. The predicted octanol–water partition coefficient (Wildman–Crippen LogP) is 3.38. The monoisotopic (exact) mass is 444 g/mol. The minimum absolute atomic E-state index is 0.0276. The first-order valence-corrected chi connectivity index (χ1v) is 11.6. The number of benzene rings is 2. The van der Waals surface area contributed by atoms with Gasteiger partial charge in [0.05, 0.1) is 17.7 Å². The molecule has 1 N–H and O–H groups in total. The minimum atomic E-state index is -3.88. The minimum Gasteiger partial charge on any atom is -0.495 e. The molecule has 1 heterocycles. The van der Waals surface area contributed by atoms with Crippen LogP contribution in [0.5, 0.6) is 5.75 Å². The van der Waals surface area contributed by atoms with E-state index in [1.165, 1.54) is 25.3 Å². The first kappa shape index (κ1) is 23.0. The number of sulfonamides is 1. The maximum atomic E-state index is 13.1. The SMILES string of the molecule is COc1ccc(S(=O)(=O)N[C@H](C)CC(C)(C)c2ccccc2)cc1N1C(=O)CCC1=O. The molecule has 0 saturated carbocycles. The molecule has 0 aliphatic carbocycles. The van der Waals surface area contributed by atoms with E-state index in [9.17, 15) is 18.0 Å². The van der Waals surface area contributed by atoms with Crippen molar-refractivity contribution in [1.82, 2.24) is 4.72 Å². The Balaban J connectivity index is 1.84. The van der Waals surface area contributed by atoms with Gasteiger partial charge in [-0.25, -0.2) is 18.0 Å². The van der Waals surface area contributed by atoms with Crippen LogP contribution in [0.1, 0.15) is 45.6 Å². The summed E-state index contributed by atoms with van der Waals surface area (Å²) >= 11 is 0. The third-order valence-corrected chi connectivity index (χ3v) is 7.07. The van der Waals surface area contributed by atoms with E-state index in [0.29, 0.717) is 6.42 Å². The Hall–Kier alpha value is -2.71. The number of methoxy groups -OCH3 is 1. The number of rotatable bonds is 8. The van der Waals surface area contributed by atoms with E-state index in [4.69, 9.17) is 4.74 Å². The molecular weight excluding hydrogens is 416 g/mol. The van der Waals surface area contributed by atoms with E-state index >= 15 is 0 Å². The summed E-state index contributed by atoms with van der Waals surface area (Å²) in [4.78, 5) is 25.3. The summed E-state index contributed by atoms with van der Waals surface area (Å²) in [5, 5.41) is 0. The highest BCUT2D eigenvalue weighted by molar-refractivity contribution is 7.89. The van der Waals surface area contributed by atoms with Gasteiger partial charge >= 0.3 is 0 Å². The Labute approximate surface area is 183 Å². The molecule has 0 spiro atoms. The number of hydrogen-bond donors (Lipinski definition) is 1. The lowest BCUT2D eigenvalue weighted by molar-refractivity contribution is -0.121. The van der Waals surface area contributed by atoms with E-state index in [1.54, 1.807) is 0 Å². The number of carbonyl (C=O) groups is 2. The largest absolute Gasteiger partial charge is 0.495 e. The highest BCUT2D eigenvalue weighted by Gasteiger charge is 2.33. The Morgan fingerprint density at radius 3 is 2.26 bits per heavy atom. The van der Waals surface area contributed by atoms with Gasteiger partial charge in [-0.1, -0.05) is 44.2 Å². The van der Waals surface area contributed by atoms with Crippen molar-refractivity contribution in [3.63, 3.8) is 0 Å². The molecule has 2 amide bonds. The number of nitrogens with one attached hydrogen (secondary N) is 1. The highest BCUT2D eigenvalue weighted by atomic mass is 32.2. The molecular formula is C23H28N2O5S. The second-order valence-corrected chi connectivity index (χ2v) is 10.1. The first-order chi connectivity index (χ1) is 14.5. The van der Waals surface area contributed by atoms with Crippen LogP contribution in [0.4, 0.5) is 5.69 Å². The summed E-state index contributed by atoms with van der Waals surface area (Å²) < 4.78 is 34.1. The zero-order valence-corrected chi connectivity index (χ0v) is 19.0. The van der Waals surface area contributed by atoms with Gasteiger partial charge in [0.25, 0.3) is 0 Å². The first-order valence-electron chi connectivity index (χ1n) is 10.2. The van der Waals surface area contributed by atoms with E-state index in [1.807, 2.05) is 37.3 Å². The molecule has 1 fully saturated rings. The smallest absolute Gasteiger partial charge is 0.240 e. The predicted molar refractivity (Wildman–Crippen MR) is 119 cm³/mol. The number of imide groups is 1. The van der Waals surface area contributed by atoms with Crippen molar-refractivity contribution in [3.8, 4) is 5.75 Å². The molecule has 3 rings (SSSR count). The van der Waals surface area contributed by atoms with Gasteiger partial charge in [-0.3, -0.25) is 9.59 Å². The fraction of sp³-hybridized carbons (Fsp3) is 0.391. The molecule has 1 aliphatic heterocycles. The molecule has 31 heavy (non-hydrogen) atoms. The van der Waals surface area contributed by atoms with Crippen LogP contribution in [-0.2, 0) is 25.0 Å². The van der Waals surface area contributed by atoms with Crippen LogP contribution in [0, 0.1) is 0 Å². The highest BCUT2D eigenvalue weighted by Crippen LogP contribution is 2.34. The lowest BCUT2D eigenvalue weighted by atomic mass is 9.79. The Morgan fingerprint density at radius 2 is 1.68 bits per heavy atom. The molecule has 1 atom stereocenters. The molecule has 1 saturated heterocycles. The normalized spacial score (nSPS) is 15.9. The van der Waals surface area contributed by atoms with Crippen molar-refractivity contribution in [2.75, 3.05) is 12.0 Å². The molecule has 0 radical (unpaired) electrons. The molecule has 0 bridgehead atoms. The van der Waals surface area contributed by atoms with Gasteiger partial charge in [-0.05, 0) is 42.5 Å². The topological polar surface area (TPSA) is 92.8 Å². The molecule has 0 aromatic heterocycles. The van der Waals surface area contributed by atoms with E-state index < -0.39 is 10.0 Å². The second kappa shape index (κ2) is 8.80. The Morgan fingerprint density at radius 1 is 1.06 bits per heavy atom. The molecule has 0 unspecified atom stereocenters. The number of ether oxygens (including phenoxy) is 1. The molecule has 2 aromatic rings. The maximum absolute atomic E-state index is 13.1. The lowest BCUT2D eigenvalue weighted by Crippen LogP contribution is -2.37. The van der Waals surface area contributed by atoms with E-state index in [-0.39, 0.29) is 52.4 Å². The van der Waals surface area contributed by atoms with Gasteiger partial charge in [-0.2, -0.15) is 0 Å². The van der Waals surface area contributed by atoms with Crippen molar-refractivity contribution in [1.29, 1.82) is 0 Å². The van der Waals surface area contributed by atoms with Gasteiger partial charge in [0.1, 0.15) is 5.75 Å². The summed E-state index contributed by atoms with van der Waals surface area (Å²) in [6.45, 7) is 5.96. The number of anilines is 1. The van der Waals surface area contributed by atoms with Crippen LogP contribution in [0.2, 0.25) is 0 Å². The molecule has 8 heteroatoms. The zero-order chi connectivity index (χ0) is 22.8. The van der Waals surface area contributed by atoms with Crippen LogP contribution in [0.3, 0.4) is 0 Å². The fourth-order valence-corrected chi connectivity index (χ4v) is 5.27. The Kier molecular flexibility index (Phi) is 6.52. The van der Waals surface area contributed by atoms with Crippen molar-refractivity contribution >= 4 is 27.5 Å². The number of hydrogen-bond acceptors (Lipinski definition) is 5. The average Bonchev–Trinajstić information content (AvgIpc) is 3.05. The summed E-state index contributed by atoms with van der Waals surface area (Å²) in [6.07, 6.45) is 0.786.